The van der Waals surface area contributed by atoms with Crippen LogP contribution in [0.1, 0.15) is 39.2 Å². The molecule has 0 saturated carbocycles. The van der Waals surface area contributed by atoms with E-state index in [0.29, 0.717) is 13.2 Å². The van der Waals surface area contributed by atoms with Crippen LogP contribution in [0.3, 0.4) is 0 Å². The Bertz CT molecular complexity index is 485. The molecule has 0 spiro atoms. The Morgan fingerprint density at radius 3 is 2.52 bits per heavy atom. The topological polar surface area (TPSA) is 38.3 Å². The summed E-state index contributed by atoms with van der Waals surface area (Å²) in [6.45, 7) is 7.09. The Morgan fingerprint density at radius 1 is 1.14 bits per heavy atom. The van der Waals surface area contributed by atoms with Gasteiger partial charge in [-0.15, -0.1) is 0 Å². The van der Waals surface area contributed by atoms with Crippen LogP contribution in [0.15, 0.2) is 53.6 Å². The van der Waals surface area contributed by atoms with E-state index < -0.39 is 0 Å². The third-order valence-electron chi connectivity index (χ3n) is 3.00. The van der Waals surface area contributed by atoms with Crippen LogP contribution in [0.25, 0.3) is 0 Å². The number of nitrogens with one attached hydrogen (secondary N) is 1. The van der Waals surface area contributed by atoms with Gasteiger partial charge in [0.2, 0.25) is 0 Å². The summed E-state index contributed by atoms with van der Waals surface area (Å²) in [6.07, 6.45) is 5.93. The van der Waals surface area contributed by atoms with E-state index in [2.05, 4.69) is 32.2 Å². The molecule has 1 N–H and O–H groups in total. The van der Waals surface area contributed by atoms with Gasteiger partial charge in [-0.25, -0.2) is 4.79 Å². The molecular formula is C18H25NO2. The number of ether oxygens (including phenoxy) is 1. The number of hydrogen-bond donors (Lipinski definition) is 1. The predicted molar refractivity (Wildman–Crippen MR) is 87.1 cm³/mol. The van der Waals surface area contributed by atoms with Gasteiger partial charge in [-0.05, 0) is 39.2 Å². The summed E-state index contributed by atoms with van der Waals surface area (Å²) in [5.41, 5.74) is 3.60. The normalized spacial score (nSPS) is 10.9. The minimum absolute atomic E-state index is 0.302. The van der Waals surface area contributed by atoms with Crippen LogP contribution in [0.4, 0.5) is 4.79 Å². The fourth-order valence-electron chi connectivity index (χ4n) is 1.77. The minimum Gasteiger partial charge on any atom is -0.445 e. The Labute approximate surface area is 127 Å². The predicted octanol–water partition coefficient (Wildman–Crippen LogP) is 4.61. The molecule has 114 valence electrons. The second-order valence-corrected chi connectivity index (χ2v) is 5.31. The quantitative estimate of drug-likeness (QED) is 0.744. The molecule has 0 atom stereocenters. The van der Waals surface area contributed by atoms with Gasteiger partial charge in [0, 0.05) is 6.54 Å². The van der Waals surface area contributed by atoms with Crippen LogP contribution in [0, 0.1) is 0 Å². The first-order chi connectivity index (χ1) is 10.1. The number of alkyl carbamates (subject to hydrolysis) is 1. The Balaban J connectivity index is 2.19. The van der Waals surface area contributed by atoms with Crippen LogP contribution in [0.2, 0.25) is 0 Å². The van der Waals surface area contributed by atoms with E-state index in [1.54, 1.807) is 0 Å². The summed E-state index contributed by atoms with van der Waals surface area (Å²) < 4.78 is 5.13. The van der Waals surface area contributed by atoms with Crippen LogP contribution in [0.5, 0.6) is 0 Å². The monoisotopic (exact) mass is 287 g/mol. The highest BCUT2D eigenvalue weighted by Gasteiger charge is 2.00. The molecule has 0 radical (unpaired) electrons. The minimum atomic E-state index is -0.382. The first kappa shape index (κ1) is 17.0. The lowest BCUT2D eigenvalue weighted by atomic mass is 10.1. The van der Waals surface area contributed by atoms with Crippen LogP contribution < -0.4 is 5.32 Å². The van der Waals surface area contributed by atoms with Crippen LogP contribution in [-0.4, -0.2) is 12.6 Å². The molecule has 3 nitrogen and oxygen atoms in total. The van der Waals surface area contributed by atoms with Crippen molar-refractivity contribution in [2.24, 2.45) is 0 Å². The SMILES string of the molecule is CC(C)=CCCC(C)=CCNC(=O)OCc1ccccc1. The standard InChI is InChI=1S/C18H25NO2/c1-15(2)8-7-9-16(3)12-13-19-18(20)21-14-17-10-5-4-6-11-17/h4-6,8,10-12H,7,9,13-14H2,1-3H3,(H,19,20). The first-order valence-corrected chi connectivity index (χ1v) is 7.31. The fraction of sp³-hybridized carbons (Fsp3) is 0.389. The van der Waals surface area contributed by atoms with Crippen molar-refractivity contribution in [3.05, 3.63) is 59.2 Å². The molecule has 3 heteroatoms. The van der Waals surface area contributed by atoms with E-state index >= 15 is 0 Å². The molecule has 0 saturated heterocycles. The third-order valence-corrected chi connectivity index (χ3v) is 3.00. The maximum atomic E-state index is 11.5. The van der Waals surface area contributed by atoms with Crippen molar-refractivity contribution in [2.75, 3.05) is 6.54 Å². The van der Waals surface area contributed by atoms with Crippen molar-refractivity contribution in [1.82, 2.24) is 5.32 Å². The summed E-state index contributed by atoms with van der Waals surface area (Å²) in [6, 6.07) is 9.65. The van der Waals surface area contributed by atoms with Crippen molar-refractivity contribution in [3.63, 3.8) is 0 Å². The zero-order valence-electron chi connectivity index (χ0n) is 13.2. The molecular weight excluding hydrogens is 262 g/mol. The van der Waals surface area contributed by atoms with Crippen molar-refractivity contribution < 1.29 is 9.53 Å². The molecule has 0 bridgehead atoms. The second kappa shape index (κ2) is 9.81. The molecule has 21 heavy (non-hydrogen) atoms. The number of rotatable bonds is 7. The number of allylic oxidation sites excluding steroid dienone is 3. The van der Waals surface area contributed by atoms with Gasteiger partial charge < -0.3 is 10.1 Å². The van der Waals surface area contributed by atoms with Crippen LogP contribution >= 0.6 is 0 Å². The number of amides is 1. The summed E-state index contributed by atoms with van der Waals surface area (Å²) in [4.78, 5) is 11.5. The lowest BCUT2D eigenvalue weighted by molar-refractivity contribution is 0.140. The molecule has 1 aromatic carbocycles. The molecule has 0 unspecified atom stereocenters. The second-order valence-electron chi connectivity index (χ2n) is 5.31. The number of carbonyl (C=O) groups excluding carboxylic acids is 1. The maximum absolute atomic E-state index is 11.5. The van der Waals surface area contributed by atoms with E-state index in [9.17, 15) is 4.79 Å². The zero-order chi connectivity index (χ0) is 15.5. The summed E-state index contributed by atoms with van der Waals surface area (Å²) in [7, 11) is 0. The highest BCUT2D eigenvalue weighted by atomic mass is 16.5. The largest absolute Gasteiger partial charge is 0.445 e. The molecule has 0 fully saturated rings. The van der Waals surface area contributed by atoms with E-state index in [1.807, 2.05) is 36.4 Å². The highest BCUT2D eigenvalue weighted by molar-refractivity contribution is 5.67. The van der Waals surface area contributed by atoms with Gasteiger partial charge in [0.25, 0.3) is 0 Å². The molecule has 0 aliphatic carbocycles. The summed E-state index contributed by atoms with van der Waals surface area (Å²) >= 11 is 0. The fourth-order valence-corrected chi connectivity index (χ4v) is 1.77. The third kappa shape index (κ3) is 8.69. The zero-order valence-corrected chi connectivity index (χ0v) is 13.2. The van der Waals surface area contributed by atoms with Gasteiger partial charge >= 0.3 is 6.09 Å². The Hall–Kier alpha value is -2.03. The van der Waals surface area contributed by atoms with Crippen LogP contribution in [-0.2, 0) is 11.3 Å². The molecule has 0 aliphatic rings. The number of carbonyl (C=O) groups is 1. The van der Waals surface area contributed by atoms with Crippen molar-refractivity contribution in [2.45, 2.75) is 40.2 Å². The molecule has 1 amide bonds. The Morgan fingerprint density at radius 2 is 1.86 bits per heavy atom. The average molecular weight is 287 g/mol. The molecule has 1 aromatic rings. The smallest absolute Gasteiger partial charge is 0.407 e. The lowest BCUT2D eigenvalue weighted by Gasteiger charge is -2.06. The molecule has 1 rings (SSSR count). The van der Waals surface area contributed by atoms with Crippen molar-refractivity contribution in [3.8, 4) is 0 Å². The maximum Gasteiger partial charge on any atom is 0.407 e. The number of benzene rings is 1. The van der Waals surface area contributed by atoms with Crippen molar-refractivity contribution >= 4 is 6.09 Å². The summed E-state index contributed by atoms with van der Waals surface area (Å²) in [5, 5.41) is 2.73. The van der Waals surface area contributed by atoms with E-state index in [4.69, 9.17) is 4.74 Å². The van der Waals surface area contributed by atoms with Gasteiger partial charge in [0.15, 0.2) is 0 Å². The van der Waals surface area contributed by atoms with Gasteiger partial charge in [-0.2, -0.15) is 0 Å². The molecule has 0 heterocycles. The van der Waals surface area contributed by atoms with E-state index in [0.717, 1.165) is 18.4 Å². The highest BCUT2D eigenvalue weighted by Crippen LogP contribution is 2.06. The van der Waals surface area contributed by atoms with Crippen molar-refractivity contribution in [1.29, 1.82) is 0 Å². The van der Waals surface area contributed by atoms with Gasteiger partial charge in [0.05, 0.1) is 0 Å². The lowest BCUT2D eigenvalue weighted by Crippen LogP contribution is -2.24. The van der Waals surface area contributed by atoms with E-state index in [1.165, 1.54) is 11.1 Å². The van der Waals surface area contributed by atoms with Gasteiger partial charge in [-0.3, -0.25) is 0 Å². The first-order valence-electron chi connectivity index (χ1n) is 7.31. The Kier molecular flexibility index (Phi) is 7.95. The average Bonchev–Trinajstić information content (AvgIpc) is 2.46. The van der Waals surface area contributed by atoms with Gasteiger partial charge in [0.1, 0.15) is 6.61 Å². The molecule has 0 aliphatic heterocycles. The molecule has 0 aromatic heterocycles. The summed E-state index contributed by atoms with van der Waals surface area (Å²) in [5.74, 6) is 0. The van der Waals surface area contributed by atoms with Gasteiger partial charge in [-0.1, -0.05) is 53.6 Å². The van der Waals surface area contributed by atoms with E-state index in [-0.39, 0.29) is 6.09 Å². The number of hydrogen-bond acceptors (Lipinski definition) is 2.